The van der Waals surface area contributed by atoms with Crippen molar-refractivity contribution < 1.29 is 4.79 Å². The molecule has 1 aromatic carbocycles. The molecule has 0 aliphatic heterocycles. The highest BCUT2D eigenvalue weighted by Gasteiger charge is 2.18. The van der Waals surface area contributed by atoms with E-state index >= 15 is 0 Å². The molecule has 16 heavy (non-hydrogen) atoms. The molecule has 1 aromatic rings. The monoisotopic (exact) mass is 219 g/mol. The molecule has 1 fully saturated rings. The maximum Gasteiger partial charge on any atom is 0.251 e. The zero-order valence-electron chi connectivity index (χ0n) is 9.20. The van der Waals surface area contributed by atoms with Gasteiger partial charge in [-0.15, -0.1) is 0 Å². The molecule has 0 spiro atoms. The molecule has 0 unspecified atom stereocenters. The lowest BCUT2D eigenvalue weighted by Gasteiger charge is -2.12. The number of hydrogen-bond acceptors (Lipinski definition) is 3. The standard InChI is InChI=1S/C12H17N3O/c13-9-5-8(6-10(14)7-9)12(16)15-11-3-1-2-4-11/h5-7,11H,1-4,13-14H2,(H,15,16). The summed E-state index contributed by atoms with van der Waals surface area (Å²) >= 11 is 0. The van der Waals surface area contributed by atoms with Crippen molar-refractivity contribution in [1.29, 1.82) is 0 Å². The van der Waals surface area contributed by atoms with Crippen LogP contribution in [0.3, 0.4) is 0 Å². The molecule has 5 N–H and O–H groups in total. The summed E-state index contributed by atoms with van der Waals surface area (Å²) in [5, 5.41) is 3.00. The molecular formula is C12H17N3O. The van der Waals surface area contributed by atoms with Crippen LogP contribution in [-0.4, -0.2) is 11.9 Å². The number of anilines is 2. The Bertz CT molecular complexity index is 377. The van der Waals surface area contributed by atoms with Crippen molar-refractivity contribution in [3.63, 3.8) is 0 Å². The van der Waals surface area contributed by atoms with E-state index in [1.54, 1.807) is 18.2 Å². The Morgan fingerprint density at radius 3 is 2.25 bits per heavy atom. The van der Waals surface area contributed by atoms with E-state index in [0.29, 0.717) is 23.0 Å². The van der Waals surface area contributed by atoms with Crippen LogP contribution >= 0.6 is 0 Å². The van der Waals surface area contributed by atoms with Gasteiger partial charge in [-0.2, -0.15) is 0 Å². The first-order valence-electron chi connectivity index (χ1n) is 5.62. The van der Waals surface area contributed by atoms with Crippen LogP contribution in [0, 0.1) is 0 Å². The second-order valence-electron chi connectivity index (χ2n) is 4.34. The number of carbonyl (C=O) groups is 1. The molecule has 1 aliphatic carbocycles. The molecule has 0 bridgehead atoms. The van der Waals surface area contributed by atoms with Crippen LogP contribution in [0.4, 0.5) is 11.4 Å². The third kappa shape index (κ3) is 2.45. The minimum atomic E-state index is -0.0779. The molecule has 0 saturated heterocycles. The smallest absolute Gasteiger partial charge is 0.251 e. The van der Waals surface area contributed by atoms with Crippen molar-refractivity contribution >= 4 is 17.3 Å². The number of nitrogens with two attached hydrogens (primary N) is 2. The van der Waals surface area contributed by atoms with Crippen LogP contribution < -0.4 is 16.8 Å². The van der Waals surface area contributed by atoms with E-state index in [4.69, 9.17) is 11.5 Å². The van der Waals surface area contributed by atoms with Crippen LogP contribution in [0.2, 0.25) is 0 Å². The van der Waals surface area contributed by atoms with Gasteiger partial charge in [0.25, 0.3) is 5.91 Å². The first kappa shape index (κ1) is 10.8. The number of benzene rings is 1. The van der Waals surface area contributed by atoms with Crippen molar-refractivity contribution in [3.05, 3.63) is 23.8 Å². The molecule has 0 aromatic heterocycles. The molecular weight excluding hydrogens is 202 g/mol. The maximum atomic E-state index is 11.9. The molecule has 1 saturated carbocycles. The lowest BCUT2D eigenvalue weighted by atomic mass is 10.1. The van der Waals surface area contributed by atoms with E-state index in [1.807, 2.05) is 0 Å². The molecule has 0 heterocycles. The van der Waals surface area contributed by atoms with Gasteiger partial charge in [-0.3, -0.25) is 4.79 Å². The summed E-state index contributed by atoms with van der Waals surface area (Å²) in [6.45, 7) is 0. The van der Waals surface area contributed by atoms with E-state index < -0.39 is 0 Å². The zero-order valence-corrected chi connectivity index (χ0v) is 9.20. The quantitative estimate of drug-likeness (QED) is 0.660. The Balaban J connectivity index is 2.07. The largest absolute Gasteiger partial charge is 0.399 e. The van der Waals surface area contributed by atoms with Gasteiger partial charge < -0.3 is 16.8 Å². The molecule has 0 radical (unpaired) electrons. The summed E-state index contributed by atoms with van der Waals surface area (Å²) < 4.78 is 0. The normalized spacial score (nSPS) is 16.2. The van der Waals surface area contributed by atoms with Gasteiger partial charge >= 0.3 is 0 Å². The van der Waals surface area contributed by atoms with Gasteiger partial charge in [0.15, 0.2) is 0 Å². The predicted octanol–water partition coefficient (Wildman–Crippen LogP) is 1.52. The highest BCUT2D eigenvalue weighted by atomic mass is 16.1. The van der Waals surface area contributed by atoms with Crippen LogP contribution in [0.5, 0.6) is 0 Å². The average Bonchev–Trinajstić information content (AvgIpc) is 2.68. The maximum absolute atomic E-state index is 11.9. The van der Waals surface area contributed by atoms with Gasteiger partial charge in [0.05, 0.1) is 0 Å². The molecule has 4 heteroatoms. The topological polar surface area (TPSA) is 81.1 Å². The molecule has 1 amide bonds. The number of hydrogen-bond donors (Lipinski definition) is 3. The summed E-state index contributed by atoms with van der Waals surface area (Å²) in [6.07, 6.45) is 4.54. The van der Waals surface area contributed by atoms with E-state index in [2.05, 4.69) is 5.32 Å². The van der Waals surface area contributed by atoms with Crippen molar-refractivity contribution in [1.82, 2.24) is 5.32 Å². The number of nitrogens with one attached hydrogen (secondary N) is 1. The lowest BCUT2D eigenvalue weighted by molar-refractivity contribution is 0.0938. The first-order valence-corrected chi connectivity index (χ1v) is 5.62. The highest BCUT2D eigenvalue weighted by Crippen LogP contribution is 2.19. The molecule has 2 rings (SSSR count). The van der Waals surface area contributed by atoms with E-state index in [-0.39, 0.29) is 5.91 Å². The van der Waals surface area contributed by atoms with Gasteiger partial charge in [-0.1, -0.05) is 12.8 Å². The Hall–Kier alpha value is -1.71. The number of nitrogen functional groups attached to an aromatic ring is 2. The number of amides is 1. The number of carbonyl (C=O) groups excluding carboxylic acids is 1. The second-order valence-corrected chi connectivity index (χ2v) is 4.34. The second kappa shape index (κ2) is 4.43. The van der Waals surface area contributed by atoms with Crippen molar-refractivity contribution in [2.75, 3.05) is 11.5 Å². The summed E-state index contributed by atoms with van der Waals surface area (Å²) in [4.78, 5) is 11.9. The first-order chi connectivity index (χ1) is 7.65. The fourth-order valence-electron chi connectivity index (χ4n) is 2.15. The van der Waals surface area contributed by atoms with E-state index in [9.17, 15) is 4.79 Å². The van der Waals surface area contributed by atoms with Crippen molar-refractivity contribution in [2.45, 2.75) is 31.7 Å². The fourth-order valence-corrected chi connectivity index (χ4v) is 2.15. The lowest BCUT2D eigenvalue weighted by Crippen LogP contribution is -2.32. The van der Waals surface area contributed by atoms with Gasteiger partial charge in [0, 0.05) is 23.0 Å². The minimum absolute atomic E-state index is 0.0779. The third-order valence-corrected chi connectivity index (χ3v) is 2.93. The summed E-state index contributed by atoms with van der Waals surface area (Å²) in [7, 11) is 0. The molecule has 0 atom stereocenters. The number of rotatable bonds is 2. The van der Waals surface area contributed by atoms with Crippen molar-refractivity contribution in [3.8, 4) is 0 Å². The summed E-state index contributed by atoms with van der Waals surface area (Å²) in [5.74, 6) is -0.0779. The van der Waals surface area contributed by atoms with Gasteiger partial charge in [0.2, 0.25) is 0 Å². The van der Waals surface area contributed by atoms with Crippen molar-refractivity contribution in [2.24, 2.45) is 0 Å². The minimum Gasteiger partial charge on any atom is -0.399 e. The third-order valence-electron chi connectivity index (χ3n) is 2.93. The van der Waals surface area contributed by atoms with Gasteiger partial charge in [0.1, 0.15) is 0 Å². The Morgan fingerprint density at radius 2 is 1.69 bits per heavy atom. The fraction of sp³-hybridized carbons (Fsp3) is 0.417. The van der Waals surface area contributed by atoms with Gasteiger partial charge in [-0.25, -0.2) is 0 Å². The Labute approximate surface area is 95.0 Å². The summed E-state index contributed by atoms with van der Waals surface area (Å²) in [5.41, 5.74) is 12.9. The Morgan fingerprint density at radius 1 is 1.12 bits per heavy atom. The Kier molecular flexibility index (Phi) is 2.99. The van der Waals surface area contributed by atoms with Crippen LogP contribution in [-0.2, 0) is 0 Å². The highest BCUT2D eigenvalue weighted by molar-refractivity contribution is 5.96. The molecule has 1 aliphatic rings. The van der Waals surface area contributed by atoms with Gasteiger partial charge in [-0.05, 0) is 31.0 Å². The van der Waals surface area contributed by atoms with E-state index in [0.717, 1.165) is 12.8 Å². The summed E-state index contributed by atoms with van der Waals surface area (Å²) in [6, 6.07) is 5.27. The van der Waals surface area contributed by atoms with E-state index in [1.165, 1.54) is 12.8 Å². The van der Waals surface area contributed by atoms with Crippen LogP contribution in [0.25, 0.3) is 0 Å². The van der Waals surface area contributed by atoms with Crippen LogP contribution in [0.15, 0.2) is 18.2 Å². The SMILES string of the molecule is Nc1cc(N)cc(C(=O)NC2CCCC2)c1. The predicted molar refractivity (Wildman–Crippen MR) is 65.0 cm³/mol. The zero-order chi connectivity index (χ0) is 11.5. The average molecular weight is 219 g/mol. The van der Waals surface area contributed by atoms with Crippen LogP contribution in [0.1, 0.15) is 36.0 Å². The molecule has 86 valence electrons. The molecule has 4 nitrogen and oxygen atoms in total.